The number of hydrogen-bond donors (Lipinski definition) is 1. The lowest BCUT2D eigenvalue weighted by Crippen LogP contribution is -1.97. The van der Waals surface area contributed by atoms with E-state index >= 15 is 0 Å². The van der Waals surface area contributed by atoms with Crippen molar-refractivity contribution in [3.8, 4) is 0 Å². The van der Waals surface area contributed by atoms with Crippen molar-refractivity contribution in [2.75, 3.05) is 5.73 Å². The van der Waals surface area contributed by atoms with Gasteiger partial charge in [-0.05, 0) is 30.7 Å². The molecule has 0 spiro atoms. The summed E-state index contributed by atoms with van der Waals surface area (Å²) in [7, 11) is 0. The first kappa shape index (κ1) is 11.1. The number of nitrogen functional groups attached to an aromatic ring is 1. The number of alkyl halides is 2. The zero-order valence-electron chi connectivity index (χ0n) is 8.47. The van der Waals surface area contributed by atoms with Gasteiger partial charge in [-0.1, -0.05) is 11.6 Å². The highest BCUT2D eigenvalue weighted by atomic mass is 35.5. The molecule has 0 radical (unpaired) electrons. The fourth-order valence-corrected chi connectivity index (χ4v) is 1.72. The van der Waals surface area contributed by atoms with Gasteiger partial charge in [-0.2, -0.15) is 0 Å². The van der Waals surface area contributed by atoms with E-state index in [1.54, 1.807) is 19.1 Å². The summed E-state index contributed by atoms with van der Waals surface area (Å²) in [5, 5.41) is 1.14. The van der Waals surface area contributed by atoms with Crippen LogP contribution in [0.1, 0.15) is 17.7 Å². The highest BCUT2D eigenvalue weighted by molar-refractivity contribution is 6.32. The topological polar surface area (TPSA) is 38.9 Å². The number of anilines is 1. The molecule has 2 nitrogen and oxygen atoms in total. The predicted octanol–water partition coefficient (Wildman–Crippen LogP) is 3.72. The van der Waals surface area contributed by atoms with Gasteiger partial charge in [0.05, 0.1) is 5.52 Å². The summed E-state index contributed by atoms with van der Waals surface area (Å²) in [5.41, 5.74) is 6.76. The Morgan fingerprint density at radius 3 is 2.69 bits per heavy atom. The molecule has 0 aliphatic carbocycles. The van der Waals surface area contributed by atoms with Gasteiger partial charge in [0.2, 0.25) is 0 Å². The number of aryl methyl sites for hydroxylation is 1. The summed E-state index contributed by atoms with van der Waals surface area (Å²) in [6.45, 7) is 1.73. The molecule has 16 heavy (non-hydrogen) atoms. The summed E-state index contributed by atoms with van der Waals surface area (Å²) in [6.07, 6.45) is -2.63. The van der Waals surface area contributed by atoms with Crippen LogP contribution in [0.2, 0.25) is 5.02 Å². The number of rotatable bonds is 1. The lowest BCUT2D eigenvalue weighted by Gasteiger charge is -2.08. The third-order valence-corrected chi connectivity index (χ3v) is 2.85. The first-order valence-corrected chi connectivity index (χ1v) is 5.02. The second kappa shape index (κ2) is 3.87. The van der Waals surface area contributed by atoms with Crippen LogP contribution in [0.15, 0.2) is 18.2 Å². The first-order chi connectivity index (χ1) is 7.50. The van der Waals surface area contributed by atoms with Crippen LogP contribution in [0.3, 0.4) is 0 Å². The molecule has 2 aromatic rings. The Morgan fingerprint density at radius 2 is 2.06 bits per heavy atom. The molecule has 0 bridgehead atoms. The van der Waals surface area contributed by atoms with Crippen LogP contribution in [-0.4, -0.2) is 4.98 Å². The maximum absolute atomic E-state index is 12.6. The zero-order chi connectivity index (χ0) is 11.9. The first-order valence-electron chi connectivity index (χ1n) is 4.64. The average Bonchev–Trinajstić information content (AvgIpc) is 2.23. The molecule has 1 aromatic heterocycles. The number of halogens is 3. The highest BCUT2D eigenvalue weighted by Gasteiger charge is 2.13. The minimum atomic E-state index is -2.63. The van der Waals surface area contributed by atoms with Crippen molar-refractivity contribution in [1.82, 2.24) is 4.98 Å². The lowest BCUT2D eigenvalue weighted by atomic mass is 10.1. The minimum Gasteiger partial charge on any atom is -0.398 e. The smallest absolute Gasteiger partial charge is 0.280 e. The summed E-state index contributed by atoms with van der Waals surface area (Å²) >= 11 is 5.90. The van der Waals surface area contributed by atoms with Crippen molar-refractivity contribution in [2.24, 2.45) is 0 Å². The Hall–Kier alpha value is -1.42. The second-order valence-corrected chi connectivity index (χ2v) is 3.91. The predicted molar refractivity (Wildman–Crippen MR) is 60.9 cm³/mol. The van der Waals surface area contributed by atoms with Crippen LogP contribution in [0.25, 0.3) is 10.9 Å². The maximum Gasteiger partial charge on any atom is 0.280 e. The van der Waals surface area contributed by atoms with E-state index in [-0.39, 0.29) is 5.69 Å². The van der Waals surface area contributed by atoms with E-state index in [2.05, 4.69) is 4.98 Å². The number of benzene rings is 1. The van der Waals surface area contributed by atoms with E-state index < -0.39 is 6.43 Å². The maximum atomic E-state index is 12.6. The highest BCUT2D eigenvalue weighted by Crippen LogP contribution is 2.30. The van der Waals surface area contributed by atoms with Gasteiger partial charge in [0.15, 0.2) is 0 Å². The lowest BCUT2D eigenvalue weighted by molar-refractivity contribution is 0.146. The van der Waals surface area contributed by atoms with Gasteiger partial charge in [-0.15, -0.1) is 0 Å². The van der Waals surface area contributed by atoms with E-state index in [0.717, 1.165) is 0 Å². The fourth-order valence-electron chi connectivity index (χ4n) is 1.56. The molecule has 1 heterocycles. The SMILES string of the molecule is Cc1c(Cl)ccc2c(N)cc(C(F)F)nc12. The Balaban J connectivity index is 2.83. The van der Waals surface area contributed by atoms with Crippen molar-refractivity contribution in [2.45, 2.75) is 13.3 Å². The van der Waals surface area contributed by atoms with Crippen molar-refractivity contribution in [3.63, 3.8) is 0 Å². The van der Waals surface area contributed by atoms with Crippen molar-refractivity contribution >= 4 is 28.2 Å². The minimum absolute atomic E-state index is 0.292. The fraction of sp³-hybridized carbons (Fsp3) is 0.182. The largest absolute Gasteiger partial charge is 0.398 e. The van der Waals surface area contributed by atoms with Crippen LogP contribution < -0.4 is 5.73 Å². The van der Waals surface area contributed by atoms with Crippen LogP contribution in [0.5, 0.6) is 0 Å². The molecule has 0 aliphatic rings. The number of nitrogens with zero attached hydrogens (tertiary/aromatic N) is 1. The van der Waals surface area contributed by atoms with Crippen molar-refractivity contribution < 1.29 is 8.78 Å². The van der Waals surface area contributed by atoms with Crippen molar-refractivity contribution in [1.29, 1.82) is 0 Å². The van der Waals surface area contributed by atoms with Gasteiger partial charge in [-0.25, -0.2) is 13.8 Å². The molecule has 0 aliphatic heterocycles. The Kier molecular flexibility index (Phi) is 2.68. The molecule has 0 atom stereocenters. The van der Waals surface area contributed by atoms with Crippen molar-refractivity contribution in [3.05, 3.63) is 34.5 Å². The molecule has 0 fully saturated rings. The van der Waals surface area contributed by atoms with Gasteiger partial charge in [0.25, 0.3) is 6.43 Å². The number of hydrogen-bond acceptors (Lipinski definition) is 2. The summed E-state index contributed by atoms with van der Waals surface area (Å²) < 4.78 is 25.1. The van der Waals surface area contributed by atoms with Gasteiger partial charge in [-0.3, -0.25) is 0 Å². The zero-order valence-corrected chi connectivity index (χ0v) is 9.22. The Labute approximate surface area is 96.0 Å². The van der Waals surface area contributed by atoms with Gasteiger partial charge < -0.3 is 5.73 Å². The number of aromatic nitrogens is 1. The normalized spacial score (nSPS) is 11.3. The van der Waals surface area contributed by atoms with Crippen LogP contribution in [0.4, 0.5) is 14.5 Å². The Bertz CT molecular complexity index is 555. The quantitative estimate of drug-likeness (QED) is 0.828. The van der Waals surface area contributed by atoms with Crippen LogP contribution >= 0.6 is 11.6 Å². The third kappa shape index (κ3) is 1.69. The summed E-state index contributed by atoms with van der Waals surface area (Å²) in [4.78, 5) is 3.88. The molecule has 84 valence electrons. The summed E-state index contributed by atoms with van der Waals surface area (Å²) in [6, 6.07) is 4.56. The van der Waals surface area contributed by atoms with E-state index in [0.29, 0.717) is 27.2 Å². The van der Waals surface area contributed by atoms with E-state index in [1.807, 2.05) is 0 Å². The molecule has 0 saturated carbocycles. The van der Waals surface area contributed by atoms with Gasteiger partial charge in [0.1, 0.15) is 5.69 Å². The molecule has 1 aromatic carbocycles. The molecule has 2 N–H and O–H groups in total. The number of fused-ring (bicyclic) bond motifs is 1. The summed E-state index contributed by atoms with van der Waals surface area (Å²) in [5.74, 6) is 0. The van der Waals surface area contributed by atoms with E-state index in [9.17, 15) is 8.78 Å². The third-order valence-electron chi connectivity index (χ3n) is 2.44. The molecule has 0 unspecified atom stereocenters. The molecule has 2 rings (SSSR count). The molecular weight excluding hydrogens is 234 g/mol. The molecule has 0 amide bonds. The molecule has 5 heteroatoms. The van der Waals surface area contributed by atoms with Gasteiger partial charge in [0, 0.05) is 16.1 Å². The van der Waals surface area contributed by atoms with Crippen LogP contribution in [-0.2, 0) is 0 Å². The Morgan fingerprint density at radius 1 is 1.38 bits per heavy atom. The van der Waals surface area contributed by atoms with E-state index in [1.165, 1.54) is 6.07 Å². The monoisotopic (exact) mass is 242 g/mol. The number of pyridine rings is 1. The average molecular weight is 243 g/mol. The van der Waals surface area contributed by atoms with E-state index in [4.69, 9.17) is 17.3 Å². The molecular formula is C11H9ClF2N2. The van der Waals surface area contributed by atoms with Crippen LogP contribution in [0, 0.1) is 6.92 Å². The second-order valence-electron chi connectivity index (χ2n) is 3.51. The number of nitrogens with two attached hydrogens (primary N) is 1. The van der Waals surface area contributed by atoms with Gasteiger partial charge >= 0.3 is 0 Å². The molecule has 0 saturated heterocycles. The standard InChI is InChI=1S/C11H9ClF2N2/c1-5-7(12)3-2-6-8(15)4-9(11(13)14)16-10(5)6/h2-4,11H,1H3,(H2,15,16).